The lowest BCUT2D eigenvalue weighted by Crippen LogP contribution is -2.19. The van der Waals surface area contributed by atoms with Gasteiger partial charge in [0.25, 0.3) is 0 Å². The number of allylic oxidation sites excluding steroid dienone is 1. The summed E-state index contributed by atoms with van der Waals surface area (Å²) in [5, 5.41) is 3.39. The van der Waals surface area contributed by atoms with Crippen LogP contribution < -0.4 is 5.32 Å². The fraction of sp³-hybridized carbons (Fsp3) is 0.364. The van der Waals surface area contributed by atoms with Crippen molar-refractivity contribution in [1.29, 1.82) is 0 Å². The quantitative estimate of drug-likeness (QED) is 0.656. The molecule has 0 bridgehead atoms. The molecule has 0 aliphatic carbocycles. The van der Waals surface area contributed by atoms with Crippen molar-refractivity contribution in [1.82, 2.24) is 10.3 Å². The van der Waals surface area contributed by atoms with E-state index in [9.17, 15) is 0 Å². The molecule has 0 fully saturated rings. The number of rotatable bonds is 1. The summed E-state index contributed by atoms with van der Waals surface area (Å²) >= 11 is 0. The van der Waals surface area contributed by atoms with Crippen molar-refractivity contribution >= 4 is 0 Å². The van der Waals surface area contributed by atoms with E-state index < -0.39 is 0 Å². The third-order valence-corrected chi connectivity index (χ3v) is 2.42. The maximum absolute atomic E-state index is 4.03. The van der Waals surface area contributed by atoms with Gasteiger partial charge in [-0.1, -0.05) is 12.2 Å². The maximum Gasteiger partial charge on any atom is 0.0270 e. The molecule has 0 amide bonds. The molecule has 2 rings (SSSR count). The predicted octanol–water partition coefficient (Wildman–Crippen LogP) is 1.71. The molecule has 1 aromatic heterocycles. The van der Waals surface area contributed by atoms with Gasteiger partial charge in [0, 0.05) is 25.5 Å². The molecule has 0 saturated carbocycles. The highest BCUT2D eigenvalue weighted by molar-refractivity contribution is 5.18. The molecule has 13 heavy (non-hydrogen) atoms. The van der Waals surface area contributed by atoms with Gasteiger partial charge in [-0.15, -0.1) is 0 Å². The van der Waals surface area contributed by atoms with Crippen LogP contribution in [0.4, 0.5) is 0 Å². The summed E-state index contributed by atoms with van der Waals surface area (Å²) < 4.78 is 0. The van der Waals surface area contributed by atoms with Gasteiger partial charge in [-0.2, -0.15) is 0 Å². The van der Waals surface area contributed by atoms with Gasteiger partial charge in [0.05, 0.1) is 0 Å². The fourth-order valence-corrected chi connectivity index (χ4v) is 1.66. The Labute approximate surface area is 78.7 Å². The van der Waals surface area contributed by atoms with Gasteiger partial charge in [0.1, 0.15) is 0 Å². The van der Waals surface area contributed by atoms with Crippen LogP contribution in [0, 0.1) is 0 Å². The zero-order valence-electron chi connectivity index (χ0n) is 7.61. The highest BCUT2D eigenvalue weighted by Crippen LogP contribution is 2.19. The molecule has 1 aromatic rings. The summed E-state index contributed by atoms with van der Waals surface area (Å²) in [6, 6.07) is 4.21. The van der Waals surface area contributed by atoms with Crippen molar-refractivity contribution in [2.24, 2.45) is 0 Å². The second kappa shape index (κ2) is 4.19. The van der Waals surface area contributed by atoms with Gasteiger partial charge in [-0.05, 0) is 30.0 Å². The van der Waals surface area contributed by atoms with Crippen molar-refractivity contribution in [2.45, 2.75) is 12.3 Å². The van der Waals surface area contributed by atoms with Crippen LogP contribution in [0.2, 0.25) is 0 Å². The molecular weight excluding hydrogens is 160 g/mol. The Morgan fingerprint density at radius 3 is 2.92 bits per heavy atom. The van der Waals surface area contributed by atoms with Gasteiger partial charge < -0.3 is 5.32 Å². The smallest absolute Gasteiger partial charge is 0.0270 e. The summed E-state index contributed by atoms with van der Waals surface area (Å²) in [5.74, 6) is 0.613. The Morgan fingerprint density at radius 2 is 2.08 bits per heavy atom. The zero-order valence-corrected chi connectivity index (χ0v) is 7.61. The topological polar surface area (TPSA) is 24.9 Å². The largest absolute Gasteiger partial charge is 0.313 e. The zero-order chi connectivity index (χ0) is 8.93. The van der Waals surface area contributed by atoms with Crippen LogP contribution in [-0.2, 0) is 0 Å². The fourth-order valence-electron chi connectivity index (χ4n) is 1.66. The Balaban J connectivity index is 2.12. The number of hydrogen-bond acceptors (Lipinski definition) is 2. The molecule has 2 nitrogen and oxygen atoms in total. The van der Waals surface area contributed by atoms with E-state index in [4.69, 9.17) is 0 Å². The third kappa shape index (κ3) is 2.16. The molecule has 0 spiro atoms. The summed E-state index contributed by atoms with van der Waals surface area (Å²) in [7, 11) is 0. The van der Waals surface area contributed by atoms with E-state index in [0.717, 1.165) is 19.5 Å². The highest BCUT2D eigenvalue weighted by atomic mass is 14.9. The minimum absolute atomic E-state index is 0.613. The van der Waals surface area contributed by atoms with Crippen LogP contribution in [0.3, 0.4) is 0 Å². The molecular formula is C11H14N2. The minimum atomic E-state index is 0.613. The number of aromatic nitrogens is 1. The van der Waals surface area contributed by atoms with E-state index in [1.165, 1.54) is 5.56 Å². The molecule has 68 valence electrons. The van der Waals surface area contributed by atoms with Crippen LogP contribution >= 0.6 is 0 Å². The summed E-state index contributed by atoms with van der Waals surface area (Å²) in [4.78, 5) is 4.03. The highest BCUT2D eigenvalue weighted by Gasteiger charge is 2.10. The monoisotopic (exact) mass is 174 g/mol. The Bertz CT molecular complexity index is 279. The molecule has 0 radical (unpaired) electrons. The molecule has 1 unspecified atom stereocenters. The van der Waals surface area contributed by atoms with Crippen molar-refractivity contribution in [2.75, 3.05) is 13.1 Å². The van der Waals surface area contributed by atoms with Crippen LogP contribution in [0.15, 0.2) is 36.7 Å². The molecule has 0 saturated heterocycles. The second-order valence-corrected chi connectivity index (χ2v) is 3.34. The molecule has 1 aliphatic heterocycles. The van der Waals surface area contributed by atoms with E-state index >= 15 is 0 Å². The predicted molar refractivity (Wildman–Crippen MR) is 53.6 cm³/mol. The summed E-state index contributed by atoms with van der Waals surface area (Å²) in [6.45, 7) is 2.07. The van der Waals surface area contributed by atoms with E-state index in [2.05, 4.69) is 34.6 Å². The van der Waals surface area contributed by atoms with E-state index in [-0.39, 0.29) is 0 Å². The third-order valence-electron chi connectivity index (χ3n) is 2.42. The van der Waals surface area contributed by atoms with Crippen LogP contribution in [-0.4, -0.2) is 18.1 Å². The lowest BCUT2D eigenvalue weighted by atomic mass is 9.97. The molecule has 2 heterocycles. The van der Waals surface area contributed by atoms with Crippen molar-refractivity contribution in [3.8, 4) is 0 Å². The number of nitrogens with zero attached hydrogens (tertiary/aromatic N) is 1. The van der Waals surface area contributed by atoms with Gasteiger partial charge in [0.2, 0.25) is 0 Å². The first-order valence-corrected chi connectivity index (χ1v) is 4.72. The van der Waals surface area contributed by atoms with E-state index in [0.29, 0.717) is 5.92 Å². The Morgan fingerprint density at radius 1 is 1.23 bits per heavy atom. The first kappa shape index (κ1) is 8.45. The van der Waals surface area contributed by atoms with E-state index in [1.54, 1.807) is 0 Å². The Kier molecular flexibility index (Phi) is 2.72. The van der Waals surface area contributed by atoms with Gasteiger partial charge >= 0.3 is 0 Å². The number of hydrogen-bond donors (Lipinski definition) is 1. The summed E-state index contributed by atoms with van der Waals surface area (Å²) in [5.41, 5.74) is 1.38. The SMILES string of the molecule is C1=CCC(c2ccncc2)CNC1. The van der Waals surface area contributed by atoms with Crippen LogP contribution in [0.1, 0.15) is 17.9 Å². The Hall–Kier alpha value is -1.15. The number of pyridine rings is 1. The normalized spacial score (nSPS) is 22.6. The summed E-state index contributed by atoms with van der Waals surface area (Å²) in [6.07, 6.45) is 9.32. The minimum Gasteiger partial charge on any atom is -0.313 e. The van der Waals surface area contributed by atoms with Gasteiger partial charge in [-0.3, -0.25) is 4.98 Å². The maximum atomic E-state index is 4.03. The second-order valence-electron chi connectivity index (χ2n) is 3.34. The van der Waals surface area contributed by atoms with E-state index in [1.807, 2.05) is 12.4 Å². The van der Waals surface area contributed by atoms with Crippen molar-refractivity contribution < 1.29 is 0 Å². The molecule has 1 N–H and O–H groups in total. The average Bonchev–Trinajstić information content (AvgIpc) is 2.47. The average molecular weight is 174 g/mol. The first-order valence-electron chi connectivity index (χ1n) is 4.72. The van der Waals surface area contributed by atoms with Crippen LogP contribution in [0.25, 0.3) is 0 Å². The molecule has 0 aromatic carbocycles. The van der Waals surface area contributed by atoms with Crippen molar-refractivity contribution in [3.63, 3.8) is 0 Å². The number of nitrogens with one attached hydrogen (secondary N) is 1. The van der Waals surface area contributed by atoms with Gasteiger partial charge in [0.15, 0.2) is 0 Å². The first-order chi connectivity index (χ1) is 6.47. The van der Waals surface area contributed by atoms with Crippen molar-refractivity contribution in [3.05, 3.63) is 42.2 Å². The molecule has 1 atom stereocenters. The standard InChI is InChI=1S/C11H14N2/c1-2-6-13-9-11(3-1)10-4-7-12-8-5-10/h1-2,4-5,7-8,11,13H,3,6,9H2. The molecule has 2 heteroatoms. The van der Waals surface area contributed by atoms with Crippen LogP contribution in [0.5, 0.6) is 0 Å². The van der Waals surface area contributed by atoms with Gasteiger partial charge in [-0.25, -0.2) is 0 Å². The lowest BCUT2D eigenvalue weighted by Gasteiger charge is -2.13. The molecule has 1 aliphatic rings. The lowest BCUT2D eigenvalue weighted by molar-refractivity contribution is 0.631.